The highest BCUT2D eigenvalue weighted by Crippen LogP contribution is 2.22. The van der Waals surface area contributed by atoms with Crippen molar-refractivity contribution in [3.8, 4) is 6.19 Å². The molecule has 4 nitrogen and oxygen atoms in total. The molecular formula is C14H12N2O2S. The number of aryl methyl sites for hydroxylation is 1. The Morgan fingerprint density at radius 2 is 1.58 bits per heavy atom. The monoisotopic (exact) mass is 272 g/mol. The largest absolute Gasteiger partial charge is 0.276 e. The summed E-state index contributed by atoms with van der Waals surface area (Å²) in [5.74, 6) is 0. The SMILES string of the molecule is Cc1ccc(S(=O)(=O)N(C#N)c2ccccc2)cc1. The maximum atomic E-state index is 12.4. The van der Waals surface area contributed by atoms with Crippen LogP contribution in [0.3, 0.4) is 0 Å². The minimum Gasteiger partial charge on any atom is -0.200 e. The van der Waals surface area contributed by atoms with E-state index in [9.17, 15) is 8.42 Å². The lowest BCUT2D eigenvalue weighted by atomic mass is 10.2. The lowest BCUT2D eigenvalue weighted by Gasteiger charge is -2.15. The summed E-state index contributed by atoms with van der Waals surface area (Å²) in [6.45, 7) is 1.87. The van der Waals surface area contributed by atoms with Gasteiger partial charge in [-0.15, -0.1) is 0 Å². The first-order valence-electron chi connectivity index (χ1n) is 5.62. The van der Waals surface area contributed by atoms with Gasteiger partial charge in [0.1, 0.15) is 0 Å². The fourth-order valence-corrected chi connectivity index (χ4v) is 2.83. The molecule has 5 heteroatoms. The first kappa shape index (κ1) is 13.1. The van der Waals surface area contributed by atoms with Crippen LogP contribution < -0.4 is 4.31 Å². The summed E-state index contributed by atoms with van der Waals surface area (Å²) in [6.07, 6.45) is 1.72. The van der Waals surface area contributed by atoms with E-state index in [1.54, 1.807) is 48.7 Å². The van der Waals surface area contributed by atoms with Crippen LogP contribution in [0.15, 0.2) is 59.5 Å². The fraction of sp³-hybridized carbons (Fsp3) is 0.0714. The van der Waals surface area contributed by atoms with Crippen molar-refractivity contribution < 1.29 is 8.42 Å². The second-order valence-corrected chi connectivity index (χ2v) is 5.80. The summed E-state index contributed by atoms with van der Waals surface area (Å²) in [5.41, 5.74) is 1.28. The van der Waals surface area contributed by atoms with Gasteiger partial charge < -0.3 is 0 Å². The molecular weight excluding hydrogens is 260 g/mol. The van der Waals surface area contributed by atoms with E-state index in [-0.39, 0.29) is 4.90 Å². The molecule has 0 amide bonds. The van der Waals surface area contributed by atoms with E-state index in [0.29, 0.717) is 5.69 Å². The van der Waals surface area contributed by atoms with Gasteiger partial charge in [0.15, 0.2) is 6.19 Å². The average Bonchev–Trinajstić information content (AvgIpc) is 2.41. The Morgan fingerprint density at radius 3 is 2.11 bits per heavy atom. The van der Waals surface area contributed by atoms with Crippen molar-refractivity contribution in [1.82, 2.24) is 0 Å². The van der Waals surface area contributed by atoms with Gasteiger partial charge in [-0.1, -0.05) is 35.9 Å². The zero-order chi connectivity index (χ0) is 13.9. The Labute approximate surface area is 112 Å². The number of sulfonamides is 1. The van der Waals surface area contributed by atoms with Crippen LogP contribution in [-0.4, -0.2) is 8.42 Å². The standard InChI is InChI=1S/C14H12N2O2S/c1-12-7-9-14(10-8-12)19(17,18)16(11-15)13-5-3-2-4-6-13/h2-10H,1H3. The molecule has 0 spiro atoms. The average molecular weight is 272 g/mol. The third-order valence-electron chi connectivity index (χ3n) is 2.64. The molecule has 0 aliphatic rings. The molecule has 2 aromatic carbocycles. The van der Waals surface area contributed by atoms with E-state index < -0.39 is 10.0 Å². The molecule has 0 aromatic heterocycles. The van der Waals surface area contributed by atoms with Gasteiger partial charge >= 0.3 is 0 Å². The molecule has 0 aliphatic carbocycles. The number of anilines is 1. The highest BCUT2D eigenvalue weighted by molar-refractivity contribution is 7.93. The van der Waals surface area contributed by atoms with Crippen LogP contribution in [0.25, 0.3) is 0 Å². The van der Waals surface area contributed by atoms with Crippen molar-refractivity contribution in [2.45, 2.75) is 11.8 Å². The maximum Gasteiger partial charge on any atom is 0.276 e. The molecule has 0 bridgehead atoms. The Bertz CT molecular complexity index is 701. The Balaban J connectivity index is 2.49. The van der Waals surface area contributed by atoms with Crippen molar-refractivity contribution in [2.75, 3.05) is 4.31 Å². The lowest BCUT2D eigenvalue weighted by molar-refractivity contribution is 0.596. The summed E-state index contributed by atoms with van der Waals surface area (Å²) in [4.78, 5) is 0.100. The van der Waals surface area contributed by atoms with Gasteiger partial charge in [-0.25, -0.2) is 0 Å². The number of nitriles is 1. The lowest BCUT2D eigenvalue weighted by Crippen LogP contribution is -2.25. The van der Waals surface area contributed by atoms with Crippen LogP contribution in [0.5, 0.6) is 0 Å². The van der Waals surface area contributed by atoms with Gasteiger partial charge in [-0.3, -0.25) is 0 Å². The quantitative estimate of drug-likeness (QED) is 0.637. The van der Waals surface area contributed by atoms with E-state index in [2.05, 4.69) is 0 Å². The van der Waals surface area contributed by atoms with E-state index >= 15 is 0 Å². The minimum absolute atomic E-state index is 0.100. The molecule has 2 aromatic rings. The minimum atomic E-state index is -3.85. The smallest absolute Gasteiger partial charge is 0.200 e. The van der Waals surface area contributed by atoms with Gasteiger partial charge in [0.2, 0.25) is 0 Å². The molecule has 0 aliphatic heterocycles. The zero-order valence-electron chi connectivity index (χ0n) is 10.3. The summed E-state index contributed by atoms with van der Waals surface area (Å²) >= 11 is 0. The topological polar surface area (TPSA) is 61.2 Å². The van der Waals surface area contributed by atoms with Crippen molar-refractivity contribution in [2.24, 2.45) is 0 Å². The van der Waals surface area contributed by atoms with Gasteiger partial charge in [-0.05, 0) is 31.2 Å². The molecule has 0 unspecified atom stereocenters. The Hall–Kier alpha value is -2.32. The predicted molar refractivity (Wildman–Crippen MR) is 72.9 cm³/mol. The van der Waals surface area contributed by atoms with E-state index in [0.717, 1.165) is 9.87 Å². The van der Waals surface area contributed by atoms with Crippen molar-refractivity contribution in [3.05, 3.63) is 60.2 Å². The number of hydrogen-bond acceptors (Lipinski definition) is 3. The highest BCUT2D eigenvalue weighted by atomic mass is 32.2. The van der Waals surface area contributed by atoms with Crippen molar-refractivity contribution >= 4 is 15.7 Å². The van der Waals surface area contributed by atoms with Gasteiger partial charge in [-0.2, -0.15) is 18.0 Å². The van der Waals surface area contributed by atoms with Crippen LogP contribution >= 0.6 is 0 Å². The maximum absolute atomic E-state index is 12.4. The molecule has 0 N–H and O–H groups in total. The van der Waals surface area contributed by atoms with E-state index in [4.69, 9.17) is 5.26 Å². The van der Waals surface area contributed by atoms with Gasteiger partial charge in [0.05, 0.1) is 10.6 Å². The van der Waals surface area contributed by atoms with E-state index in [1.165, 1.54) is 12.1 Å². The zero-order valence-corrected chi connectivity index (χ0v) is 11.1. The van der Waals surface area contributed by atoms with Gasteiger partial charge in [0, 0.05) is 0 Å². The van der Waals surface area contributed by atoms with E-state index in [1.807, 2.05) is 6.92 Å². The second kappa shape index (κ2) is 5.12. The Morgan fingerprint density at radius 1 is 1.00 bits per heavy atom. The third-order valence-corrected chi connectivity index (χ3v) is 4.28. The number of para-hydroxylation sites is 1. The molecule has 0 atom stereocenters. The molecule has 0 saturated carbocycles. The first-order chi connectivity index (χ1) is 9.05. The molecule has 0 heterocycles. The van der Waals surface area contributed by atoms with Crippen LogP contribution in [0, 0.1) is 18.4 Å². The highest BCUT2D eigenvalue weighted by Gasteiger charge is 2.24. The fourth-order valence-electron chi connectivity index (χ4n) is 1.63. The van der Waals surface area contributed by atoms with Crippen LogP contribution in [0.1, 0.15) is 5.56 Å². The summed E-state index contributed by atoms with van der Waals surface area (Å²) < 4.78 is 25.5. The second-order valence-electron chi connectivity index (χ2n) is 4.02. The predicted octanol–water partition coefficient (Wildman–Crippen LogP) is 2.67. The molecule has 0 fully saturated rings. The van der Waals surface area contributed by atoms with Crippen LogP contribution in [0.4, 0.5) is 5.69 Å². The molecule has 2 rings (SSSR count). The molecule has 19 heavy (non-hydrogen) atoms. The van der Waals surface area contributed by atoms with Crippen LogP contribution in [-0.2, 0) is 10.0 Å². The number of rotatable bonds is 3. The molecule has 96 valence electrons. The number of hydrogen-bond donors (Lipinski definition) is 0. The molecule has 0 saturated heterocycles. The van der Waals surface area contributed by atoms with Crippen LogP contribution in [0.2, 0.25) is 0 Å². The number of benzene rings is 2. The normalized spacial score (nSPS) is 10.7. The summed E-state index contributed by atoms with van der Waals surface area (Å²) in [5, 5.41) is 9.13. The summed E-state index contributed by atoms with van der Waals surface area (Å²) in [7, 11) is -3.85. The third kappa shape index (κ3) is 2.59. The number of nitrogens with zero attached hydrogens (tertiary/aromatic N) is 2. The van der Waals surface area contributed by atoms with Gasteiger partial charge in [0.25, 0.3) is 10.0 Å². The summed E-state index contributed by atoms with van der Waals surface area (Å²) in [6, 6.07) is 14.7. The Kier molecular flexibility index (Phi) is 3.54. The molecule has 0 radical (unpaired) electrons. The van der Waals surface area contributed by atoms with Crippen molar-refractivity contribution in [3.63, 3.8) is 0 Å². The first-order valence-corrected chi connectivity index (χ1v) is 7.06. The van der Waals surface area contributed by atoms with Crippen molar-refractivity contribution in [1.29, 1.82) is 5.26 Å².